The van der Waals surface area contributed by atoms with Crippen LogP contribution in [0, 0.1) is 18.7 Å². The van der Waals surface area contributed by atoms with Crippen molar-refractivity contribution < 1.29 is 9.18 Å². The first-order valence-corrected chi connectivity index (χ1v) is 9.34. The van der Waals surface area contributed by atoms with Crippen molar-refractivity contribution in [3.05, 3.63) is 76.0 Å². The Morgan fingerprint density at radius 2 is 2.04 bits per heavy atom. The molecule has 2 atom stereocenters. The van der Waals surface area contributed by atoms with Gasteiger partial charge >= 0.3 is 0 Å². The summed E-state index contributed by atoms with van der Waals surface area (Å²) in [5.74, 6) is -0.373. The Labute approximate surface area is 155 Å². The normalized spacial score (nSPS) is 18.5. The van der Waals surface area contributed by atoms with E-state index in [0.717, 1.165) is 22.6 Å². The van der Waals surface area contributed by atoms with Crippen LogP contribution in [0.15, 0.2) is 48.5 Å². The molecule has 0 radical (unpaired) electrons. The van der Waals surface area contributed by atoms with Crippen LogP contribution in [0.2, 0.25) is 0 Å². The van der Waals surface area contributed by atoms with Gasteiger partial charge in [-0.3, -0.25) is 4.79 Å². The summed E-state index contributed by atoms with van der Waals surface area (Å²) in [6.07, 6.45) is 1.44. The number of carbonyl (C=O) groups is 1. The second-order valence-electron chi connectivity index (χ2n) is 6.66. The highest BCUT2D eigenvalue weighted by molar-refractivity contribution is 7.15. The minimum absolute atomic E-state index is 0.0719. The fraction of sp³-hybridized carbons (Fsp3) is 0.250. The van der Waals surface area contributed by atoms with Crippen molar-refractivity contribution in [2.24, 2.45) is 5.92 Å². The third-order valence-corrected chi connectivity index (χ3v) is 5.42. The predicted molar refractivity (Wildman–Crippen MR) is 99.8 cm³/mol. The molecule has 1 N–H and O–H groups in total. The zero-order valence-electron chi connectivity index (χ0n) is 14.3. The van der Waals surface area contributed by atoms with E-state index >= 15 is 0 Å². The van der Waals surface area contributed by atoms with Crippen LogP contribution < -0.4 is 5.32 Å². The summed E-state index contributed by atoms with van der Waals surface area (Å²) in [7, 11) is 0. The Morgan fingerprint density at radius 3 is 2.81 bits per heavy atom. The molecule has 0 aliphatic heterocycles. The summed E-state index contributed by atoms with van der Waals surface area (Å²) in [5, 5.41) is 12.5. The molecule has 1 aliphatic rings. The second kappa shape index (κ2) is 6.96. The molecular weight excluding hydrogens is 349 g/mol. The van der Waals surface area contributed by atoms with Gasteiger partial charge in [0.25, 0.3) is 0 Å². The number of aryl methyl sites for hydroxylation is 1. The van der Waals surface area contributed by atoms with Gasteiger partial charge in [0.05, 0.1) is 0 Å². The van der Waals surface area contributed by atoms with Crippen LogP contribution >= 0.6 is 11.3 Å². The van der Waals surface area contributed by atoms with Crippen molar-refractivity contribution in [3.63, 3.8) is 0 Å². The van der Waals surface area contributed by atoms with Gasteiger partial charge in [-0.15, -0.1) is 10.2 Å². The number of halogens is 1. The van der Waals surface area contributed by atoms with Crippen LogP contribution in [0.4, 0.5) is 9.52 Å². The van der Waals surface area contributed by atoms with E-state index < -0.39 is 0 Å². The van der Waals surface area contributed by atoms with E-state index in [2.05, 4.69) is 46.7 Å². The Hall–Kier alpha value is -2.60. The van der Waals surface area contributed by atoms with Crippen LogP contribution in [0.5, 0.6) is 0 Å². The molecule has 6 heteroatoms. The molecule has 1 amide bonds. The number of amides is 1. The van der Waals surface area contributed by atoms with E-state index in [1.807, 2.05) is 6.07 Å². The lowest BCUT2D eigenvalue weighted by atomic mass is 10.1. The maximum Gasteiger partial charge on any atom is 0.229 e. The number of nitrogens with one attached hydrogen (secondary N) is 1. The van der Waals surface area contributed by atoms with E-state index in [1.165, 1.54) is 29.0 Å². The first kappa shape index (κ1) is 16.8. The van der Waals surface area contributed by atoms with Gasteiger partial charge in [-0.25, -0.2) is 4.39 Å². The molecule has 132 valence electrons. The van der Waals surface area contributed by atoms with E-state index in [-0.39, 0.29) is 23.6 Å². The summed E-state index contributed by atoms with van der Waals surface area (Å²) in [6, 6.07) is 14.7. The number of anilines is 1. The quantitative estimate of drug-likeness (QED) is 0.731. The van der Waals surface area contributed by atoms with Crippen LogP contribution in [0.25, 0.3) is 0 Å². The molecule has 4 rings (SSSR count). The van der Waals surface area contributed by atoms with Crippen molar-refractivity contribution in [2.45, 2.75) is 25.7 Å². The van der Waals surface area contributed by atoms with Crippen LogP contribution in [-0.2, 0) is 11.2 Å². The van der Waals surface area contributed by atoms with E-state index in [9.17, 15) is 9.18 Å². The van der Waals surface area contributed by atoms with Gasteiger partial charge < -0.3 is 5.32 Å². The maximum absolute atomic E-state index is 13.3. The number of hydrogen-bond donors (Lipinski definition) is 1. The lowest BCUT2D eigenvalue weighted by Gasteiger charge is -2.01. The van der Waals surface area contributed by atoms with Gasteiger partial charge in [0.15, 0.2) is 0 Å². The molecule has 0 saturated heterocycles. The standard InChI is InChI=1S/C20H18FN3OS/c1-12-5-7-13(8-6-12)9-18-23-24-20(26-18)22-19(25)17-11-16(17)14-3-2-4-15(21)10-14/h2-8,10,16-17H,9,11H2,1H3,(H,22,24,25). The highest BCUT2D eigenvalue weighted by Crippen LogP contribution is 2.48. The molecule has 0 bridgehead atoms. The molecule has 3 aromatic rings. The summed E-state index contributed by atoms with van der Waals surface area (Å²) in [6.45, 7) is 2.05. The molecule has 0 spiro atoms. The van der Waals surface area contributed by atoms with Gasteiger partial charge in [0.1, 0.15) is 10.8 Å². The van der Waals surface area contributed by atoms with E-state index in [1.54, 1.807) is 6.07 Å². The number of nitrogens with zero attached hydrogens (tertiary/aromatic N) is 2. The lowest BCUT2D eigenvalue weighted by molar-refractivity contribution is -0.117. The van der Waals surface area contributed by atoms with Gasteiger partial charge in [-0.05, 0) is 42.5 Å². The lowest BCUT2D eigenvalue weighted by Crippen LogP contribution is -2.14. The molecule has 1 aliphatic carbocycles. The fourth-order valence-electron chi connectivity index (χ4n) is 3.04. The molecule has 1 heterocycles. The van der Waals surface area contributed by atoms with Crippen molar-refractivity contribution in [1.29, 1.82) is 0 Å². The molecule has 1 fully saturated rings. The Bertz CT molecular complexity index is 938. The van der Waals surface area contributed by atoms with Crippen molar-refractivity contribution in [2.75, 3.05) is 5.32 Å². The third-order valence-electron chi connectivity index (χ3n) is 4.58. The van der Waals surface area contributed by atoms with E-state index in [0.29, 0.717) is 11.6 Å². The maximum atomic E-state index is 13.3. The molecule has 1 saturated carbocycles. The van der Waals surface area contributed by atoms with Gasteiger partial charge in [0, 0.05) is 12.3 Å². The van der Waals surface area contributed by atoms with Crippen LogP contribution in [0.1, 0.15) is 34.0 Å². The van der Waals surface area contributed by atoms with Gasteiger partial charge in [0.2, 0.25) is 11.0 Å². The minimum atomic E-state index is -0.265. The average Bonchev–Trinajstić information content (AvgIpc) is 3.32. The highest BCUT2D eigenvalue weighted by atomic mass is 32.1. The topological polar surface area (TPSA) is 54.9 Å². The predicted octanol–water partition coefficient (Wildman–Crippen LogP) is 4.32. The molecule has 26 heavy (non-hydrogen) atoms. The number of hydrogen-bond acceptors (Lipinski definition) is 4. The Morgan fingerprint density at radius 1 is 1.23 bits per heavy atom. The molecule has 2 aromatic carbocycles. The summed E-state index contributed by atoms with van der Waals surface area (Å²) in [5.41, 5.74) is 3.26. The molecule has 2 unspecified atom stereocenters. The van der Waals surface area contributed by atoms with Gasteiger partial charge in [-0.1, -0.05) is 53.3 Å². The number of benzene rings is 2. The minimum Gasteiger partial charge on any atom is -0.300 e. The first-order valence-electron chi connectivity index (χ1n) is 8.53. The molecular formula is C20H18FN3OS. The summed E-state index contributed by atoms with van der Waals surface area (Å²) in [4.78, 5) is 12.4. The zero-order chi connectivity index (χ0) is 18.1. The third kappa shape index (κ3) is 3.80. The number of carbonyl (C=O) groups excluding carboxylic acids is 1. The van der Waals surface area contributed by atoms with Crippen LogP contribution in [-0.4, -0.2) is 16.1 Å². The monoisotopic (exact) mass is 367 g/mol. The first-order chi connectivity index (χ1) is 12.6. The second-order valence-corrected chi connectivity index (χ2v) is 7.72. The Balaban J connectivity index is 1.35. The summed E-state index contributed by atoms with van der Waals surface area (Å²) >= 11 is 1.39. The van der Waals surface area contributed by atoms with Gasteiger partial charge in [-0.2, -0.15) is 0 Å². The number of rotatable bonds is 5. The number of aromatic nitrogens is 2. The smallest absolute Gasteiger partial charge is 0.229 e. The van der Waals surface area contributed by atoms with E-state index in [4.69, 9.17) is 0 Å². The van der Waals surface area contributed by atoms with Crippen molar-refractivity contribution >= 4 is 22.4 Å². The SMILES string of the molecule is Cc1ccc(Cc2nnc(NC(=O)C3CC3c3cccc(F)c3)s2)cc1. The molecule has 4 nitrogen and oxygen atoms in total. The fourth-order valence-corrected chi connectivity index (χ4v) is 3.82. The summed E-state index contributed by atoms with van der Waals surface area (Å²) < 4.78 is 13.3. The zero-order valence-corrected chi connectivity index (χ0v) is 15.1. The highest BCUT2D eigenvalue weighted by Gasteiger charge is 2.44. The van der Waals surface area contributed by atoms with Crippen molar-refractivity contribution in [1.82, 2.24) is 10.2 Å². The Kier molecular flexibility index (Phi) is 4.51. The van der Waals surface area contributed by atoms with Crippen molar-refractivity contribution in [3.8, 4) is 0 Å². The van der Waals surface area contributed by atoms with Crippen LogP contribution in [0.3, 0.4) is 0 Å². The average molecular weight is 367 g/mol. The molecule has 1 aromatic heterocycles. The largest absolute Gasteiger partial charge is 0.300 e.